The summed E-state index contributed by atoms with van der Waals surface area (Å²) in [5, 5.41) is 15.5. The highest BCUT2D eigenvalue weighted by Gasteiger charge is 2.33. The van der Waals surface area contributed by atoms with Crippen LogP contribution in [0, 0.1) is 11.7 Å². The fraction of sp³-hybridized carbons (Fsp3) is 0.606. The lowest BCUT2D eigenvalue weighted by molar-refractivity contribution is -0.134. The highest BCUT2D eigenvalue weighted by molar-refractivity contribution is 6.00. The molecule has 2 heterocycles. The minimum absolute atomic E-state index is 0.0163. The van der Waals surface area contributed by atoms with Crippen molar-refractivity contribution in [1.29, 1.82) is 0 Å². The first-order valence-corrected chi connectivity index (χ1v) is 16.6. The van der Waals surface area contributed by atoms with Crippen LogP contribution in [0.1, 0.15) is 80.9 Å². The zero-order valence-corrected chi connectivity index (χ0v) is 27.1. The van der Waals surface area contributed by atoms with Gasteiger partial charge in [0.05, 0.1) is 5.69 Å². The first-order chi connectivity index (χ1) is 22.1. The van der Waals surface area contributed by atoms with Crippen LogP contribution >= 0.6 is 0 Å². The predicted molar refractivity (Wildman–Crippen MR) is 172 cm³/mol. The van der Waals surface area contributed by atoms with Crippen LogP contribution in [0.2, 0.25) is 0 Å². The van der Waals surface area contributed by atoms with Crippen LogP contribution in [0.5, 0.6) is 0 Å². The number of amides is 5. The Morgan fingerprint density at radius 3 is 2.33 bits per heavy atom. The number of hydrogen-bond donors (Lipinski definition) is 4. The Balaban J connectivity index is 1.28. The lowest BCUT2D eigenvalue weighted by Gasteiger charge is -2.34. The van der Waals surface area contributed by atoms with Crippen molar-refractivity contribution in [2.24, 2.45) is 5.92 Å². The maximum absolute atomic E-state index is 15.5. The number of hydrogen-bond acceptors (Lipinski definition) is 6. The van der Waals surface area contributed by atoms with Crippen LogP contribution < -0.4 is 21.3 Å². The summed E-state index contributed by atoms with van der Waals surface area (Å²) in [6.45, 7) is 6.42. The van der Waals surface area contributed by atoms with Crippen molar-refractivity contribution >= 4 is 29.4 Å². The molecular formula is C33H47FN8O4. The third kappa shape index (κ3) is 8.62. The number of nitrogens with zero attached hydrogens (tertiary/aromatic N) is 4. The first kappa shape index (κ1) is 33.4. The molecule has 3 aliphatic rings. The summed E-state index contributed by atoms with van der Waals surface area (Å²) < 4.78 is 17.1. The van der Waals surface area contributed by atoms with Gasteiger partial charge in [0.25, 0.3) is 5.91 Å². The number of nitrogens with one attached hydrogen (secondary N) is 4. The van der Waals surface area contributed by atoms with Crippen molar-refractivity contribution in [2.45, 2.75) is 89.4 Å². The average Bonchev–Trinajstić information content (AvgIpc) is 3.70. The quantitative estimate of drug-likeness (QED) is 0.298. The summed E-state index contributed by atoms with van der Waals surface area (Å²) >= 11 is 0. The van der Waals surface area contributed by atoms with Crippen molar-refractivity contribution in [3.05, 3.63) is 47.5 Å². The van der Waals surface area contributed by atoms with E-state index in [-0.39, 0.29) is 36.0 Å². The fourth-order valence-corrected chi connectivity index (χ4v) is 6.28. The Bertz CT molecular complexity index is 1400. The summed E-state index contributed by atoms with van der Waals surface area (Å²) in [5.41, 5.74) is 0.852. The lowest BCUT2D eigenvalue weighted by Crippen LogP contribution is -2.56. The molecule has 0 spiro atoms. The SMILES string of the molecule is CC(C)n1nccc1C(=O)N[C@H](C(=O)Nc1ccc(C[C@@H](NC(=O)NC2CC2)C(=O)N2CCN(C)CC2)cc1F)C1CCCCC1. The molecule has 1 aromatic heterocycles. The highest BCUT2D eigenvalue weighted by atomic mass is 19.1. The van der Waals surface area contributed by atoms with E-state index >= 15 is 4.39 Å². The van der Waals surface area contributed by atoms with E-state index in [0.717, 1.165) is 58.0 Å². The molecule has 0 unspecified atom stereocenters. The second-order valence-corrected chi connectivity index (χ2v) is 13.2. The van der Waals surface area contributed by atoms with Gasteiger partial charge in [-0.05, 0) is 76.3 Å². The second-order valence-electron chi connectivity index (χ2n) is 13.2. The maximum Gasteiger partial charge on any atom is 0.315 e. The van der Waals surface area contributed by atoms with Gasteiger partial charge in [-0.25, -0.2) is 9.18 Å². The van der Waals surface area contributed by atoms with Crippen molar-refractivity contribution in [2.75, 3.05) is 38.5 Å². The van der Waals surface area contributed by atoms with Crippen LogP contribution in [0.25, 0.3) is 0 Å². The molecule has 5 rings (SSSR count). The van der Waals surface area contributed by atoms with Crippen molar-refractivity contribution in [3.63, 3.8) is 0 Å². The topological polar surface area (TPSA) is 141 Å². The third-order valence-corrected chi connectivity index (χ3v) is 9.14. The van der Waals surface area contributed by atoms with Gasteiger partial charge in [-0.15, -0.1) is 0 Å². The van der Waals surface area contributed by atoms with Crippen molar-refractivity contribution in [3.8, 4) is 0 Å². The Morgan fingerprint density at radius 1 is 0.957 bits per heavy atom. The molecule has 4 N–H and O–H groups in total. The van der Waals surface area contributed by atoms with Crippen molar-refractivity contribution in [1.82, 2.24) is 35.5 Å². The molecule has 0 bridgehead atoms. The number of anilines is 1. The van der Waals surface area contributed by atoms with Gasteiger partial charge >= 0.3 is 6.03 Å². The lowest BCUT2D eigenvalue weighted by atomic mass is 9.83. The van der Waals surface area contributed by atoms with E-state index in [9.17, 15) is 19.2 Å². The van der Waals surface area contributed by atoms with E-state index in [1.807, 2.05) is 20.9 Å². The maximum atomic E-state index is 15.5. The standard InChI is InChI=1S/C33H47FN8O4/c1-21(2)42-28(13-14-35-42)30(43)39-29(23-7-5-4-6-8-23)31(44)37-26-12-9-22(19-25(26)34)20-27(38-33(46)36-24-10-11-24)32(45)41-17-15-40(3)16-18-41/h9,12-14,19,21,23-24,27,29H,4-8,10-11,15-18,20H2,1-3H3,(H,37,44)(H,39,43)(H2,36,38,46)/t27-,29+/m1/s1. The number of halogens is 1. The van der Waals surface area contributed by atoms with E-state index in [2.05, 4.69) is 31.3 Å². The van der Waals surface area contributed by atoms with Crippen LogP contribution in [-0.4, -0.2) is 94.7 Å². The van der Waals surface area contributed by atoms with Gasteiger partial charge in [-0.2, -0.15) is 5.10 Å². The molecule has 2 atom stereocenters. The molecule has 1 saturated heterocycles. The van der Waals surface area contributed by atoms with Gasteiger partial charge in [0.15, 0.2) is 0 Å². The third-order valence-electron chi connectivity index (χ3n) is 9.14. The van der Waals surface area contributed by atoms with Crippen LogP contribution in [0.15, 0.2) is 30.5 Å². The predicted octanol–water partition coefficient (Wildman–Crippen LogP) is 3.07. The van der Waals surface area contributed by atoms with Crippen LogP contribution in [-0.2, 0) is 16.0 Å². The number of rotatable bonds is 11. The number of urea groups is 1. The van der Waals surface area contributed by atoms with Gasteiger partial charge in [0.1, 0.15) is 23.6 Å². The van der Waals surface area contributed by atoms with E-state index in [1.54, 1.807) is 27.9 Å². The summed E-state index contributed by atoms with van der Waals surface area (Å²) in [6, 6.07) is 3.99. The summed E-state index contributed by atoms with van der Waals surface area (Å²) in [7, 11) is 2.00. The van der Waals surface area contributed by atoms with Crippen molar-refractivity contribution < 1.29 is 23.6 Å². The van der Waals surface area contributed by atoms with E-state index < -0.39 is 35.7 Å². The molecule has 0 radical (unpaired) electrons. The molecule has 1 aliphatic heterocycles. The summed E-state index contributed by atoms with van der Waals surface area (Å²) in [4.78, 5) is 56.9. The minimum atomic E-state index is -0.868. The molecule has 2 aliphatic carbocycles. The molecule has 46 heavy (non-hydrogen) atoms. The van der Waals surface area contributed by atoms with Gasteiger partial charge in [0, 0.05) is 50.9 Å². The van der Waals surface area contributed by atoms with Gasteiger partial charge in [-0.1, -0.05) is 25.3 Å². The zero-order chi connectivity index (χ0) is 32.8. The molecule has 13 heteroatoms. The summed E-state index contributed by atoms with van der Waals surface area (Å²) in [6.07, 6.45) is 8.03. The molecule has 1 aromatic carbocycles. The Morgan fingerprint density at radius 2 is 1.67 bits per heavy atom. The number of carbonyl (C=O) groups excluding carboxylic acids is 4. The van der Waals surface area contributed by atoms with Crippen LogP contribution in [0.3, 0.4) is 0 Å². The number of benzene rings is 1. The Kier molecular flexibility index (Phi) is 10.9. The number of piperazine rings is 1. The van der Waals surface area contributed by atoms with Gasteiger partial charge in [-0.3, -0.25) is 19.1 Å². The Labute approximate surface area is 269 Å². The normalized spacial score (nSPS) is 18.9. The number of likely N-dealkylation sites (N-methyl/N-ethyl adjacent to an activating group) is 1. The molecular weight excluding hydrogens is 591 g/mol. The smallest absolute Gasteiger partial charge is 0.315 e. The summed E-state index contributed by atoms with van der Waals surface area (Å²) in [5.74, 6) is -1.83. The number of aromatic nitrogens is 2. The van der Waals surface area contributed by atoms with E-state index in [1.165, 1.54) is 12.1 Å². The monoisotopic (exact) mass is 638 g/mol. The fourth-order valence-electron chi connectivity index (χ4n) is 6.28. The largest absolute Gasteiger partial charge is 0.339 e. The van der Waals surface area contributed by atoms with Crippen LogP contribution in [0.4, 0.5) is 14.9 Å². The minimum Gasteiger partial charge on any atom is -0.339 e. The first-order valence-electron chi connectivity index (χ1n) is 16.6. The molecule has 2 saturated carbocycles. The number of carbonyl (C=O) groups is 4. The van der Waals surface area contributed by atoms with Gasteiger partial charge in [0.2, 0.25) is 11.8 Å². The van der Waals surface area contributed by atoms with Gasteiger partial charge < -0.3 is 31.1 Å². The highest BCUT2D eigenvalue weighted by Crippen LogP contribution is 2.28. The molecule has 5 amide bonds. The molecule has 3 fully saturated rings. The molecule has 2 aromatic rings. The molecule has 12 nitrogen and oxygen atoms in total. The average molecular weight is 639 g/mol. The molecule has 250 valence electrons. The zero-order valence-electron chi connectivity index (χ0n) is 27.1. The Hall–Kier alpha value is -4.00. The van der Waals surface area contributed by atoms with E-state index in [0.29, 0.717) is 24.3 Å². The second kappa shape index (κ2) is 15.1. The van der Waals surface area contributed by atoms with E-state index in [4.69, 9.17) is 0 Å².